The minimum absolute atomic E-state index is 0.278. The molecule has 0 aromatic heterocycles. The summed E-state index contributed by atoms with van der Waals surface area (Å²) in [7, 11) is 0. The molecular formula is C24H23NO. The molecule has 0 saturated carbocycles. The van der Waals surface area contributed by atoms with Gasteiger partial charge in [0.1, 0.15) is 5.75 Å². The van der Waals surface area contributed by atoms with Crippen LogP contribution in [0.15, 0.2) is 71.7 Å². The maximum atomic E-state index is 10.1. The predicted octanol–water partition coefficient (Wildman–Crippen LogP) is 5.42. The first-order valence-corrected chi connectivity index (χ1v) is 9.22. The standard InChI is InChI=1S/C24H23NO/c1-17(22-4-2-3-5-24(22)26)25-23-16-20-11-10-18-6-8-19(9-7-18)12-14-21(23)15-13-20/h2-9,13,15-16,26H,10-12,14H2,1H3. The lowest BCUT2D eigenvalue weighted by Crippen LogP contribution is -2.00. The van der Waals surface area contributed by atoms with Crippen LogP contribution in [0.3, 0.4) is 0 Å². The van der Waals surface area contributed by atoms with Crippen molar-refractivity contribution in [3.8, 4) is 5.75 Å². The van der Waals surface area contributed by atoms with Crippen molar-refractivity contribution >= 4 is 11.4 Å². The zero-order valence-corrected chi connectivity index (χ0v) is 15.1. The normalized spacial score (nSPS) is 14.1. The molecule has 0 unspecified atom stereocenters. The molecule has 0 fully saturated rings. The first kappa shape index (κ1) is 16.6. The number of hydrogen-bond donors (Lipinski definition) is 1. The van der Waals surface area contributed by atoms with Crippen LogP contribution in [-0.4, -0.2) is 10.8 Å². The van der Waals surface area contributed by atoms with E-state index in [2.05, 4.69) is 42.5 Å². The molecular weight excluding hydrogens is 318 g/mol. The van der Waals surface area contributed by atoms with Crippen LogP contribution in [-0.2, 0) is 25.7 Å². The number of benzene rings is 3. The van der Waals surface area contributed by atoms with Gasteiger partial charge in [-0.1, -0.05) is 48.5 Å². The third-order valence-corrected chi connectivity index (χ3v) is 5.14. The molecule has 4 bridgehead atoms. The minimum atomic E-state index is 0.278. The lowest BCUT2D eigenvalue weighted by molar-refractivity contribution is 0.474. The van der Waals surface area contributed by atoms with Crippen LogP contribution < -0.4 is 0 Å². The fourth-order valence-corrected chi connectivity index (χ4v) is 3.54. The summed E-state index contributed by atoms with van der Waals surface area (Å²) in [6, 6.07) is 23.1. The third kappa shape index (κ3) is 3.55. The Bertz CT molecular complexity index is 954. The fourth-order valence-electron chi connectivity index (χ4n) is 3.54. The monoisotopic (exact) mass is 341 g/mol. The minimum Gasteiger partial charge on any atom is -0.507 e. The van der Waals surface area contributed by atoms with Crippen LogP contribution in [0.25, 0.3) is 0 Å². The average molecular weight is 341 g/mol. The van der Waals surface area contributed by atoms with Crippen molar-refractivity contribution in [2.45, 2.75) is 32.6 Å². The number of phenols is 1. The Morgan fingerprint density at radius 3 is 2.12 bits per heavy atom. The van der Waals surface area contributed by atoms with Crippen molar-refractivity contribution in [1.29, 1.82) is 0 Å². The highest BCUT2D eigenvalue weighted by Gasteiger charge is 2.09. The van der Waals surface area contributed by atoms with E-state index in [0.29, 0.717) is 0 Å². The highest BCUT2D eigenvalue weighted by molar-refractivity contribution is 6.02. The quantitative estimate of drug-likeness (QED) is 0.621. The van der Waals surface area contributed by atoms with Gasteiger partial charge < -0.3 is 5.11 Å². The molecule has 0 amide bonds. The van der Waals surface area contributed by atoms with Crippen LogP contribution in [0.2, 0.25) is 0 Å². The van der Waals surface area contributed by atoms with Crippen LogP contribution in [0.1, 0.15) is 34.7 Å². The molecule has 0 atom stereocenters. The number of para-hydroxylation sites is 1. The Labute approximate surface area is 154 Å². The number of nitrogens with zero attached hydrogens (tertiary/aromatic N) is 1. The SMILES string of the molecule is CC(=Nc1cc2ccc1CCc1ccc(cc1)CC2)c1ccccc1O. The summed E-state index contributed by atoms with van der Waals surface area (Å²) in [4.78, 5) is 4.90. The van der Waals surface area contributed by atoms with E-state index in [1.54, 1.807) is 6.07 Å². The summed E-state index contributed by atoms with van der Waals surface area (Å²) in [6.45, 7) is 1.96. The second-order valence-electron chi connectivity index (χ2n) is 6.99. The van der Waals surface area contributed by atoms with Crippen molar-refractivity contribution in [3.05, 3.63) is 94.5 Å². The molecule has 0 radical (unpaired) electrons. The van der Waals surface area contributed by atoms with Gasteiger partial charge in [0, 0.05) is 11.3 Å². The fraction of sp³-hybridized carbons (Fsp3) is 0.208. The molecule has 0 aliphatic heterocycles. The molecule has 3 aromatic rings. The van der Waals surface area contributed by atoms with E-state index in [4.69, 9.17) is 4.99 Å². The van der Waals surface area contributed by atoms with Gasteiger partial charge in [-0.25, -0.2) is 0 Å². The molecule has 4 aliphatic rings. The van der Waals surface area contributed by atoms with Crippen LogP contribution in [0, 0.1) is 0 Å². The first-order chi connectivity index (χ1) is 12.7. The molecule has 7 rings (SSSR count). The summed E-state index contributed by atoms with van der Waals surface area (Å²) in [6.07, 6.45) is 4.03. The number of aliphatic imine (C=N–C) groups is 1. The van der Waals surface area contributed by atoms with Crippen molar-refractivity contribution in [3.63, 3.8) is 0 Å². The van der Waals surface area contributed by atoms with Gasteiger partial charge in [0.05, 0.1) is 5.69 Å². The van der Waals surface area contributed by atoms with Crippen molar-refractivity contribution in [2.24, 2.45) is 4.99 Å². The van der Waals surface area contributed by atoms with Gasteiger partial charge in [0.25, 0.3) is 0 Å². The molecule has 0 spiro atoms. The molecule has 2 heteroatoms. The zero-order valence-electron chi connectivity index (χ0n) is 15.1. The van der Waals surface area contributed by atoms with E-state index in [-0.39, 0.29) is 5.75 Å². The Kier molecular flexibility index (Phi) is 4.57. The number of hydrogen-bond acceptors (Lipinski definition) is 2. The summed E-state index contributed by atoms with van der Waals surface area (Å²) >= 11 is 0. The van der Waals surface area contributed by atoms with Gasteiger partial charge in [0.15, 0.2) is 0 Å². The molecule has 130 valence electrons. The Morgan fingerprint density at radius 2 is 1.38 bits per heavy atom. The molecule has 26 heavy (non-hydrogen) atoms. The maximum absolute atomic E-state index is 10.1. The first-order valence-electron chi connectivity index (χ1n) is 9.22. The second kappa shape index (κ2) is 7.17. The van der Waals surface area contributed by atoms with Gasteiger partial charge in [0.2, 0.25) is 0 Å². The topological polar surface area (TPSA) is 32.6 Å². The summed E-state index contributed by atoms with van der Waals surface area (Å²) in [5, 5.41) is 10.1. The highest BCUT2D eigenvalue weighted by Crippen LogP contribution is 2.27. The van der Waals surface area contributed by atoms with Crippen LogP contribution in [0.5, 0.6) is 5.75 Å². The predicted molar refractivity (Wildman–Crippen MR) is 108 cm³/mol. The second-order valence-corrected chi connectivity index (χ2v) is 6.99. The number of phenolic OH excluding ortho intramolecular Hbond substituents is 1. The van der Waals surface area contributed by atoms with Crippen LogP contribution >= 0.6 is 0 Å². The highest BCUT2D eigenvalue weighted by atomic mass is 16.3. The Hall–Kier alpha value is -2.87. The molecule has 4 aliphatic carbocycles. The van der Waals surface area contributed by atoms with Gasteiger partial charge >= 0.3 is 0 Å². The lowest BCUT2D eigenvalue weighted by atomic mass is 9.95. The number of rotatable bonds is 2. The van der Waals surface area contributed by atoms with Crippen molar-refractivity contribution < 1.29 is 5.11 Å². The van der Waals surface area contributed by atoms with Crippen LogP contribution in [0.4, 0.5) is 5.69 Å². The summed E-state index contributed by atoms with van der Waals surface area (Å²) in [5.74, 6) is 0.278. The van der Waals surface area contributed by atoms with Gasteiger partial charge in [-0.3, -0.25) is 4.99 Å². The molecule has 2 nitrogen and oxygen atoms in total. The molecule has 0 heterocycles. The van der Waals surface area contributed by atoms with Gasteiger partial charge in [-0.15, -0.1) is 0 Å². The van der Waals surface area contributed by atoms with Crippen molar-refractivity contribution in [1.82, 2.24) is 0 Å². The summed E-state index contributed by atoms with van der Waals surface area (Å²) < 4.78 is 0. The zero-order chi connectivity index (χ0) is 17.9. The van der Waals surface area contributed by atoms with Gasteiger partial charge in [-0.2, -0.15) is 0 Å². The lowest BCUT2D eigenvalue weighted by Gasteiger charge is -2.13. The van der Waals surface area contributed by atoms with Gasteiger partial charge in [-0.05, 0) is 73.1 Å². The maximum Gasteiger partial charge on any atom is 0.124 e. The number of aromatic hydroxyl groups is 1. The Morgan fingerprint density at radius 1 is 0.769 bits per heavy atom. The molecule has 3 aromatic carbocycles. The van der Waals surface area contributed by atoms with Crippen molar-refractivity contribution in [2.75, 3.05) is 0 Å². The van der Waals surface area contributed by atoms with E-state index >= 15 is 0 Å². The van der Waals surface area contributed by atoms with E-state index in [1.165, 1.54) is 22.3 Å². The average Bonchev–Trinajstić information content (AvgIpc) is 2.65. The van der Waals surface area contributed by atoms with E-state index < -0.39 is 0 Å². The molecule has 1 N–H and O–H groups in total. The van der Waals surface area contributed by atoms with E-state index in [1.807, 2.05) is 25.1 Å². The largest absolute Gasteiger partial charge is 0.507 e. The third-order valence-electron chi connectivity index (χ3n) is 5.14. The Balaban J connectivity index is 1.73. The summed E-state index contributed by atoms with van der Waals surface area (Å²) in [5.41, 5.74) is 7.98. The van der Waals surface area contributed by atoms with E-state index in [9.17, 15) is 5.11 Å². The smallest absolute Gasteiger partial charge is 0.124 e. The molecule has 0 saturated heterocycles. The number of aryl methyl sites for hydroxylation is 4. The van der Waals surface area contributed by atoms with E-state index in [0.717, 1.165) is 42.6 Å².